The van der Waals surface area contributed by atoms with Crippen LogP contribution in [0.15, 0.2) is 36.5 Å². The van der Waals surface area contributed by atoms with E-state index in [9.17, 15) is 21.6 Å². The Morgan fingerprint density at radius 1 is 0.936 bits per heavy atom. The van der Waals surface area contributed by atoms with Crippen LogP contribution in [0.5, 0.6) is 11.5 Å². The average molecular weight is 698 g/mol. The Hall–Kier alpha value is -3.69. The number of nitrogens with zero attached hydrogens (tertiary/aromatic N) is 4. The number of sulfonamides is 1. The van der Waals surface area contributed by atoms with Crippen molar-refractivity contribution in [1.29, 1.82) is 0 Å². The highest BCUT2D eigenvalue weighted by atomic mass is 35.5. The third-order valence-electron chi connectivity index (χ3n) is 8.60. The van der Waals surface area contributed by atoms with Gasteiger partial charge in [0, 0.05) is 37.0 Å². The lowest BCUT2D eigenvalue weighted by atomic mass is 9.93. The summed E-state index contributed by atoms with van der Waals surface area (Å²) in [5, 5.41) is 6.47. The van der Waals surface area contributed by atoms with Gasteiger partial charge >= 0.3 is 6.18 Å². The zero-order chi connectivity index (χ0) is 33.9. The van der Waals surface area contributed by atoms with E-state index in [1.807, 2.05) is 19.1 Å². The van der Waals surface area contributed by atoms with E-state index in [0.29, 0.717) is 36.0 Å². The lowest BCUT2D eigenvalue weighted by molar-refractivity contribution is -0.186. The number of aromatic nitrogens is 2. The molecule has 2 aromatic carbocycles. The van der Waals surface area contributed by atoms with Gasteiger partial charge in [-0.1, -0.05) is 11.6 Å². The summed E-state index contributed by atoms with van der Waals surface area (Å²) in [4.78, 5) is 13.4. The molecular formula is C31H39ClF3N7O4S. The number of hydrogen-bond donors (Lipinski definition) is 3. The quantitative estimate of drug-likeness (QED) is 0.215. The van der Waals surface area contributed by atoms with Crippen LogP contribution in [0.2, 0.25) is 5.02 Å². The van der Waals surface area contributed by atoms with Crippen molar-refractivity contribution in [3.8, 4) is 11.5 Å². The number of halogens is 4. The van der Waals surface area contributed by atoms with E-state index < -0.39 is 22.1 Å². The summed E-state index contributed by atoms with van der Waals surface area (Å²) in [6.45, 7) is 4.56. The summed E-state index contributed by atoms with van der Waals surface area (Å²) in [6, 6.07) is 8.99. The van der Waals surface area contributed by atoms with Crippen LogP contribution >= 0.6 is 11.6 Å². The van der Waals surface area contributed by atoms with Crippen molar-refractivity contribution in [1.82, 2.24) is 14.9 Å². The minimum absolute atomic E-state index is 0.172. The van der Waals surface area contributed by atoms with Crippen molar-refractivity contribution in [2.45, 2.75) is 44.8 Å². The predicted molar refractivity (Wildman–Crippen MR) is 178 cm³/mol. The molecule has 0 radical (unpaired) electrons. The third-order valence-corrected chi connectivity index (χ3v) is 9.47. The Kier molecular flexibility index (Phi) is 10.5. The standard InChI is InChI=1S/C31H39ClF3N7O4S/c1-19-15-26(28(46-3)17-27(19)42-13-9-21(10-14-42)41-11-7-20(8-12-41)31(33,34)35)38-30-36-18-23(32)29(39-30)37-25-16-22(45-2)5-6-24(25)40-47(4,43)44/h5-6,15-18,20-21,40H,7-14H2,1-4H3,(H2,36,37,38,39). The molecule has 47 heavy (non-hydrogen) atoms. The van der Waals surface area contributed by atoms with Crippen molar-refractivity contribution >= 4 is 56.1 Å². The van der Waals surface area contributed by atoms with Gasteiger partial charge in [0.1, 0.15) is 16.5 Å². The normalized spacial score (nSPS) is 17.0. The van der Waals surface area contributed by atoms with Crippen LogP contribution in [0.1, 0.15) is 31.2 Å². The first-order valence-corrected chi connectivity index (χ1v) is 17.5. The van der Waals surface area contributed by atoms with Gasteiger partial charge in [0.2, 0.25) is 16.0 Å². The molecule has 2 fully saturated rings. The number of nitrogens with one attached hydrogen (secondary N) is 3. The van der Waals surface area contributed by atoms with Gasteiger partial charge in [0.05, 0.1) is 49.7 Å². The summed E-state index contributed by atoms with van der Waals surface area (Å²) in [5.74, 6) is 0.324. The molecule has 0 spiro atoms. The smallest absolute Gasteiger partial charge is 0.391 e. The van der Waals surface area contributed by atoms with E-state index in [1.165, 1.54) is 13.3 Å². The Balaban J connectivity index is 1.28. The molecular weight excluding hydrogens is 659 g/mol. The lowest BCUT2D eigenvalue weighted by Crippen LogP contribution is -2.49. The molecule has 0 amide bonds. The third kappa shape index (κ3) is 8.62. The van der Waals surface area contributed by atoms with Crippen LogP contribution in [-0.4, -0.2) is 82.2 Å². The average Bonchev–Trinajstić information content (AvgIpc) is 3.02. The highest BCUT2D eigenvalue weighted by molar-refractivity contribution is 7.92. The lowest BCUT2D eigenvalue weighted by Gasteiger charge is -2.43. The number of alkyl halides is 3. The fourth-order valence-electron chi connectivity index (χ4n) is 6.15. The molecule has 0 unspecified atom stereocenters. The second-order valence-electron chi connectivity index (χ2n) is 11.8. The second-order valence-corrected chi connectivity index (χ2v) is 14.0. The number of anilines is 6. The van der Waals surface area contributed by atoms with Crippen LogP contribution in [0.3, 0.4) is 0 Å². The van der Waals surface area contributed by atoms with Crippen molar-refractivity contribution in [3.63, 3.8) is 0 Å². The number of ether oxygens (including phenoxy) is 2. The van der Waals surface area contributed by atoms with Crippen LogP contribution in [-0.2, 0) is 10.0 Å². The van der Waals surface area contributed by atoms with Gasteiger partial charge in [-0.05, 0) is 69.5 Å². The van der Waals surface area contributed by atoms with Crippen LogP contribution in [0, 0.1) is 12.8 Å². The summed E-state index contributed by atoms with van der Waals surface area (Å²) >= 11 is 6.42. The first-order valence-electron chi connectivity index (χ1n) is 15.2. The number of methoxy groups -OCH3 is 2. The van der Waals surface area contributed by atoms with Crippen molar-refractivity contribution in [2.75, 3.05) is 66.9 Å². The molecule has 2 saturated heterocycles. The zero-order valence-electron chi connectivity index (χ0n) is 26.6. The van der Waals surface area contributed by atoms with E-state index in [4.69, 9.17) is 21.1 Å². The summed E-state index contributed by atoms with van der Waals surface area (Å²) in [7, 11) is -0.497. The molecule has 5 rings (SSSR count). The van der Waals surface area contributed by atoms with Crippen LogP contribution in [0.4, 0.5) is 47.7 Å². The Morgan fingerprint density at radius 2 is 1.64 bits per heavy atom. The number of aryl methyl sites for hydroxylation is 1. The molecule has 0 aliphatic carbocycles. The SMILES string of the molecule is COc1ccc(NS(C)(=O)=O)c(Nc2nc(Nc3cc(C)c(N4CCC(N5CCC(C(F)(F)F)CC5)CC4)cc3OC)ncc2Cl)c1. The molecule has 3 heterocycles. The van der Waals surface area contributed by atoms with Gasteiger partial charge in [0.15, 0.2) is 5.82 Å². The molecule has 16 heteroatoms. The van der Waals surface area contributed by atoms with Crippen LogP contribution < -0.4 is 29.7 Å². The first kappa shape index (κ1) is 34.6. The topological polar surface area (TPSA) is 121 Å². The fraction of sp³-hybridized carbons (Fsp3) is 0.484. The fourth-order valence-corrected chi connectivity index (χ4v) is 6.87. The maximum absolute atomic E-state index is 13.1. The Bertz CT molecular complexity index is 1680. The highest BCUT2D eigenvalue weighted by Crippen LogP contribution is 2.39. The summed E-state index contributed by atoms with van der Waals surface area (Å²) in [6.07, 6.45) is 0.469. The summed E-state index contributed by atoms with van der Waals surface area (Å²) < 4.78 is 76.7. The van der Waals surface area contributed by atoms with E-state index in [-0.39, 0.29) is 41.4 Å². The second kappa shape index (κ2) is 14.2. The number of hydrogen-bond acceptors (Lipinski definition) is 10. The number of likely N-dealkylation sites (tertiary alicyclic amines) is 1. The molecule has 11 nitrogen and oxygen atoms in total. The van der Waals surface area contributed by atoms with Gasteiger partial charge in [-0.15, -0.1) is 0 Å². The number of benzene rings is 2. The minimum Gasteiger partial charge on any atom is -0.497 e. The van der Waals surface area contributed by atoms with Crippen LogP contribution in [0.25, 0.3) is 0 Å². The van der Waals surface area contributed by atoms with E-state index in [0.717, 1.165) is 43.4 Å². The van der Waals surface area contributed by atoms with Gasteiger partial charge in [-0.3, -0.25) is 4.72 Å². The Labute approximate surface area is 277 Å². The van der Waals surface area contributed by atoms with E-state index >= 15 is 0 Å². The molecule has 1 aromatic heterocycles. The highest BCUT2D eigenvalue weighted by Gasteiger charge is 2.42. The van der Waals surface area contributed by atoms with Gasteiger partial charge in [0.25, 0.3) is 0 Å². The van der Waals surface area contributed by atoms with E-state index in [2.05, 4.69) is 35.1 Å². The molecule has 3 aromatic rings. The molecule has 3 N–H and O–H groups in total. The Morgan fingerprint density at radius 3 is 2.26 bits per heavy atom. The monoisotopic (exact) mass is 697 g/mol. The van der Waals surface area contributed by atoms with Gasteiger partial charge in [-0.25, -0.2) is 13.4 Å². The van der Waals surface area contributed by atoms with Gasteiger partial charge in [-0.2, -0.15) is 18.2 Å². The first-order chi connectivity index (χ1) is 22.2. The number of piperidine rings is 2. The van der Waals surface area contributed by atoms with E-state index in [1.54, 1.807) is 25.3 Å². The van der Waals surface area contributed by atoms with Gasteiger partial charge < -0.3 is 29.9 Å². The molecule has 256 valence electrons. The molecule has 0 bridgehead atoms. The summed E-state index contributed by atoms with van der Waals surface area (Å²) in [5.41, 5.74) is 3.29. The molecule has 0 saturated carbocycles. The predicted octanol–water partition coefficient (Wildman–Crippen LogP) is 6.56. The maximum atomic E-state index is 13.1. The van der Waals surface area contributed by atoms with Crippen molar-refractivity contribution in [3.05, 3.63) is 47.1 Å². The molecule has 2 aliphatic heterocycles. The molecule has 2 aliphatic rings. The van der Waals surface area contributed by atoms with Crippen molar-refractivity contribution < 1.29 is 31.1 Å². The largest absolute Gasteiger partial charge is 0.497 e. The number of rotatable bonds is 10. The van der Waals surface area contributed by atoms with Crippen molar-refractivity contribution in [2.24, 2.45) is 5.92 Å². The maximum Gasteiger partial charge on any atom is 0.391 e. The minimum atomic E-state index is -4.11. The molecule has 0 atom stereocenters. The zero-order valence-corrected chi connectivity index (χ0v) is 28.2.